The van der Waals surface area contributed by atoms with E-state index in [-0.39, 0.29) is 12.1 Å². The van der Waals surface area contributed by atoms with Gasteiger partial charge in [0.25, 0.3) is 0 Å². The lowest BCUT2D eigenvalue weighted by molar-refractivity contribution is -0.145. The Balaban J connectivity index is 1.60. The first-order chi connectivity index (χ1) is 10.2. The van der Waals surface area contributed by atoms with Crippen molar-refractivity contribution in [3.05, 3.63) is 35.6 Å². The normalized spacial score (nSPS) is 20.5. The third kappa shape index (κ3) is 3.29. The molecule has 21 heavy (non-hydrogen) atoms. The lowest BCUT2D eigenvalue weighted by Gasteiger charge is -2.23. The number of ether oxygens (including phenoxy) is 4. The molecule has 2 heterocycles. The summed E-state index contributed by atoms with van der Waals surface area (Å²) in [5, 5.41) is 0. The highest BCUT2D eigenvalue weighted by molar-refractivity contribution is 5.83. The molecule has 1 unspecified atom stereocenters. The second kappa shape index (κ2) is 6.08. The molecule has 5 heteroatoms. The monoisotopic (exact) mass is 290 g/mol. The predicted molar refractivity (Wildman–Crippen MR) is 75.3 cm³/mol. The van der Waals surface area contributed by atoms with Crippen molar-refractivity contribution in [3.8, 4) is 11.5 Å². The summed E-state index contributed by atoms with van der Waals surface area (Å²) in [4.78, 5) is 11.4. The van der Waals surface area contributed by atoms with Gasteiger partial charge in [0, 0.05) is 6.42 Å². The summed E-state index contributed by atoms with van der Waals surface area (Å²) in [6.07, 6.45) is 3.47. The van der Waals surface area contributed by atoms with Crippen molar-refractivity contribution >= 4 is 5.97 Å². The first-order valence-corrected chi connectivity index (χ1v) is 7.08. The van der Waals surface area contributed by atoms with Crippen molar-refractivity contribution in [2.24, 2.45) is 0 Å². The molecule has 0 N–H and O–H groups in total. The first-order valence-electron chi connectivity index (χ1n) is 7.08. The van der Waals surface area contributed by atoms with Gasteiger partial charge in [0.05, 0.1) is 13.2 Å². The van der Waals surface area contributed by atoms with Crippen LogP contribution < -0.4 is 9.47 Å². The van der Waals surface area contributed by atoms with Gasteiger partial charge in [-0.2, -0.15) is 0 Å². The van der Waals surface area contributed by atoms with E-state index in [4.69, 9.17) is 18.9 Å². The standard InChI is InChI=1S/C16H18O5/c1-18-13-9-12(21-16(17)10-13)4-2-11-3-5-14-15(8-11)20-7-6-19-14/h3,5,8,10,12H,2,4,6-7,9H2,1H3. The lowest BCUT2D eigenvalue weighted by atomic mass is 10.0. The van der Waals surface area contributed by atoms with Gasteiger partial charge in [0.2, 0.25) is 0 Å². The molecule has 0 aliphatic carbocycles. The molecule has 0 amide bonds. The SMILES string of the molecule is COC1=CC(=O)OC(CCc2ccc3c(c2)OCCO3)C1. The van der Waals surface area contributed by atoms with Crippen LogP contribution in [0.3, 0.4) is 0 Å². The van der Waals surface area contributed by atoms with E-state index in [2.05, 4.69) is 0 Å². The maximum absolute atomic E-state index is 11.4. The number of esters is 1. The number of hydrogen-bond donors (Lipinski definition) is 0. The number of aryl methyl sites for hydroxylation is 1. The van der Waals surface area contributed by atoms with Crippen LogP contribution in [0.4, 0.5) is 0 Å². The Morgan fingerprint density at radius 2 is 2.05 bits per heavy atom. The van der Waals surface area contributed by atoms with Gasteiger partial charge in [-0.05, 0) is 30.5 Å². The van der Waals surface area contributed by atoms with Gasteiger partial charge in [-0.15, -0.1) is 0 Å². The largest absolute Gasteiger partial charge is 0.501 e. The van der Waals surface area contributed by atoms with Crippen LogP contribution in [0.15, 0.2) is 30.0 Å². The number of methoxy groups -OCH3 is 1. The first kappa shape index (κ1) is 13.8. The van der Waals surface area contributed by atoms with Crippen LogP contribution in [-0.4, -0.2) is 32.4 Å². The van der Waals surface area contributed by atoms with Gasteiger partial charge >= 0.3 is 5.97 Å². The van der Waals surface area contributed by atoms with Crippen LogP contribution in [0.2, 0.25) is 0 Å². The van der Waals surface area contributed by atoms with E-state index >= 15 is 0 Å². The smallest absolute Gasteiger partial charge is 0.334 e. The number of hydrogen-bond acceptors (Lipinski definition) is 5. The fourth-order valence-electron chi connectivity index (χ4n) is 2.53. The van der Waals surface area contributed by atoms with Crippen LogP contribution in [0.5, 0.6) is 11.5 Å². The van der Waals surface area contributed by atoms with Crippen molar-refractivity contribution in [2.45, 2.75) is 25.4 Å². The second-order valence-corrected chi connectivity index (χ2v) is 5.09. The number of cyclic esters (lactones) is 1. The van der Waals surface area contributed by atoms with Crippen molar-refractivity contribution in [3.63, 3.8) is 0 Å². The minimum Gasteiger partial charge on any atom is -0.501 e. The third-order valence-corrected chi connectivity index (χ3v) is 3.61. The minimum atomic E-state index is -0.328. The van der Waals surface area contributed by atoms with E-state index < -0.39 is 0 Å². The van der Waals surface area contributed by atoms with Crippen molar-refractivity contribution in [1.29, 1.82) is 0 Å². The lowest BCUT2D eigenvalue weighted by Crippen LogP contribution is -2.23. The van der Waals surface area contributed by atoms with Crippen LogP contribution in [0, 0.1) is 0 Å². The summed E-state index contributed by atoms with van der Waals surface area (Å²) in [6.45, 7) is 1.18. The molecule has 1 aromatic carbocycles. The fourth-order valence-corrected chi connectivity index (χ4v) is 2.53. The Hall–Kier alpha value is -2.17. The van der Waals surface area contributed by atoms with E-state index in [0.717, 1.165) is 29.9 Å². The van der Waals surface area contributed by atoms with Gasteiger partial charge in [-0.1, -0.05) is 6.07 Å². The Labute approximate surface area is 123 Å². The summed E-state index contributed by atoms with van der Waals surface area (Å²) in [5.41, 5.74) is 1.14. The highest BCUT2D eigenvalue weighted by Gasteiger charge is 2.22. The molecule has 0 bridgehead atoms. The van der Waals surface area contributed by atoms with Gasteiger partial charge in [-0.25, -0.2) is 4.79 Å². The molecule has 1 aromatic rings. The van der Waals surface area contributed by atoms with Gasteiger partial charge in [-0.3, -0.25) is 0 Å². The highest BCUT2D eigenvalue weighted by Crippen LogP contribution is 2.31. The van der Waals surface area contributed by atoms with Gasteiger partial charge in [0.1, 0.15) is 25.1 Å². The molecule has 2 aliphatic heterocycles. The Kier molecular flexibility index (Phi) is 3.99. The summed E-state index contributed by atoms with van der Waals surface area (Å²) < 4.78 is 21.5. The Morgan fingerprint density at radius 1 is 1.24 bits per heavy atom. The van der Waals surface area contributed by atoms with Crippen LogP contribution in [-0.2, 0) is 20.7 Å². The Bertz CT molecular complexity index is 564. The maximum Gasteiger partial charge on any atom is 0.334 e. The molecule has 0 spiro atoms. The van der Waals surface area contributed by atoms with E-state index in [1.807, 2.05) is 18.2 Å². The average molecular weight is 290 g/mol. The zero-order valence-corrected chi connectivity index (χ0v) is 12.0. The van der Waals surface area contributed by atoms with Crippen molar-refractivity contribution in [2.75, 3.05) is 20.3 Å². The molecule has 2 aliphatic rings. The van der Waals surface area contributed by atoms with E-state index in [9.17, 15) is 4.79 Å². The molecular formula is C16H18O5. The van der Waals surface area contributed by atoms with E-state index in [1.165, 1.54) is 6.08 Å². The summed E-state index contributed by atoms with van der Waals surface area (Å²) in [6, 6.07) is 5.94. The third-order valence-electron chi connectivity index (χ3n) is 3.61. The summed E-state index contributed by atoms with van der Waals surface area (Å²) in [5.74, 6) is 1.93. The molecular weight excluding hydrogens is 272 g/mol. The molecule has 112 valence electrons. The van der Waals surface area contributed by atoms with E-state index in [0.29, 0.717) is 25.4 Å². The van der Waals surface area contributed by atoms with Crippen LogP contribution in [0.1, 0.15) is 18.4 Å². The molecule has 0 saturated carbocycles. The van der Waals surface area contributed by atoms with E-state index in [1.54, 1.807) is 7.11 Å². The second-order valence-electron chi connectivity index (χ2n) is 5.09. The number of carbonyl (C=O) groups is 1. The number of carbonyl (C=O) groups excluding carboxylic acids is 1. The number of fused-ring (bicyclic) bond motifs is 1. The van der Waals surface area contributed by atoms with Gasteiger partial charge in [0.15, 0.2) is 11.5 Å². The van der Waals surface area contributed by atoms with Crippen LogP contribution >= 0.6 is 0 Å². The molecule has 5 nitrogen and oxygen atoms in total. The molecule has 3 rings (SSSR count). The minimum absolute atomic E-state index is 0.134. The zero-order valence-electron chi connectivity index (χ0n) is 12.0. The molecule has 0 aromatic heterocycles. The molecule has 0 fully saturated rings. The Morgan fingerprint density at radius 3 is 2.86 bits per heavy atom. The maximum atomic E-state index is 11.4. The fraction of sp³-hybridized carbons (Fsp3) is 0.438. The molecule has 0 saturated heterocycles. The van der Waals surface area contributed by atoms with Crippen molar-refractivity contribution < 1.29 is 23.7 Å². The van der Waals surface area contributed by atoms with Crippen molar-refractivity contribution in [1.82, 2.24) is 0 Å². The van der Waals surface area contributed by atoms with Gasteiger partial charge < -0.3 is 18.9 Å². The topological polar surface area (TPSA) is 54.0 Å². The van der Waals surface area contributed by atoms with Crippen LogP contribution in [0.25, 0.3) is 0 Å². The average Bonchev–Trinajstić information content (AvgIpc) is 2.52. The molecule has 0 radical (unpaired) electrons. The summed E-state index contributed by atoms with van der Waals surface area (Å²) in [7, 11) is 1.57. The molecule has 1 atom stereocenters. The predicted octanol–water partition coefficient (Wildman–Crippen LogP) is 2.24. The highest BCUT2D eigenvalue weighted by atomic mass is 16.6. The number of benzene rings is 1. The zero-order chi connectivity index (χ0) is 14.7. The number of rotatable bonds is 4. The quantitative estimate of drug-likeness (QED) is 0.796. The summed E-state index contributed by atoms with van der Waals surface area (Å²) >= 11 is 0.